The molecule has 0 aliphatic carbocycles. The highest BCUT2D eigenvalue weighted by Crippen LogP contribution is 2.25. The van der Waals surface area contributed by atoms with Gasteiger partial charge in [0.15, 0.2) is 5.16 Å². The lowest BCUT2D eigenvalue weighted by atomic mass is 10.1. The molecule has 0 atom stereocenters. The van der Waals surface area contributed by atoms with Gasteiger partial charge in [0.2, 0.25) is 0 Å². The summed E-state index contributed by atoms with van der Waals surface area (Å²) in [5, 5.41) is 3.16. The van der Waals surface area contributed by atoms with Gasteiger partial charge < -0.3 is 0 Å². The molecule has 0 aliphatic rings. The fourth-order valence-electron chi connectivity index (χ4n) is 2.88. The van der Waals surface area contributed by atoms with Crippen LogP contribution in [-0.2, 0) is 18.7 Å². The zero-order valence-corrected chi connectivity index (χ0v) is 17.2. The van der Waals surface area contributed by atoms with Gasteiger partial charge in [0, 0.05) is 17.3 Å². The van der Waals surface area contributed by atoms with E-state index in [4.69, 9.17) is 11.6 Å². The smallest absolute Gasteiger partial charge is 0.272 e. The van der Waals surface area contributed by atoms with E-state index in [1.807, 2.05) is 41.8 Å². The van der Waals surface area contributed by atoms with Gasteiger partial charge >= 0.3 is 0 Å². The Kier molecular flexibility index (Phi) is 5.80. The number of thiophene rings is 1. The van der Waals surface area contributed by atoms with Crippen molar-refractivity contribution in [2.24, 2.45) is 0 Å². The Morgan fingerprint density at radius 3 is 2.68 bits per heavy atom. The maximum Gasteiger partial charge on any atom is 0.272 e. The van der Waals surface area contributed by atoms with Gasteiger partial charge in [-0.1, -0.05) is 53.7 Å². The number of benzene rings is 2. The quantitative estimate of drug-likeness (QED) is 0.287. The molecule has 0 spiro atoms. The molecule has 0 fully saturated rings. The molecule has 0 saturated carbocycles. The van der Waals surface area contributed by atoms with E-state index in [0.717, 1.165) is 5.56 Å². The minimum Gasteiger partial charge on any atom is -0.286 e. The lowest BCUT2D eigenvalue weighted by Crippen LogP contribution is -2.23. The molecule has 0 aliphatic heterocycles. The lowest BCUT2D eigenvalue weighted by Gasteiger charge is -2.12. The molecule has 4 rings (SSSR count). The molecule has 0 radical (unpaired) electrons. The largest absolute Gasteiger partial charge is 0.286 e. The number of hydrogen-bond acceptors (Lipinski definition) is 4. The van der Waals surface area contributed by atoms with Crippen LogP contribution in [0.15, 0.2) is 69.9 Å². The summed E-state index contributed by atoms with van der Waals surface area (Å²) >= 11 is 8.72. The second-order valence-electron chi connectivity index (χ2n) is 6.24. The van der Waals surface area contributed by atoms with Crippen molar-refractivity contribution >= 4 is 44.9 Å². The molecule has 4 aromatic rings. The minimum atomic E-state index is -0.248. The van der Waals surface area contributed by atoms with Crippen LogP contribution in [0.25, 0.3) is 10.2 Å². The number of aromatic nitrogens is 2. The van der Waals surface area contributed by atoms with Gasteiger partial charge in [-0.3, -0.25) is 9.36 Å². The van der Waals surface area contributed by atoms with Gasteiger partial charge in [-0.25, -0.2) is 9.37 Å². The average molecular weight is 431 g/mol. The molecule has 2 aromatic heterocycles. The van der Waals surface area contributed by atoms with Gasteiger partial charge in [0.05, 0.1) is 5.52 Å². The molecule has 0 unspecified atom stereocenters. The standard InChI is InChI=1S/C21H16ClFN2OS2/c22-16-7-5-14(6-8-16)9-11-25-20(26)19-18(10-12-27-19)24-21(25)28-13-15-3-1-2-4-17(15)23/h1-8,10,12H,9,11,13H2. The molecule has 28 heavy (non-hydrogen) atoms. The summed E-state index contributed by atoms with van der Waals surface area (Å²) in [6, 6.07) is 16.1. The van der Waals surface area contributed by atoms with E-state index in [2.05, 4.69) is 4.98 Å². The molecule has 2 heterocycles. The Morgan fingerprint density at radius 2 is 1.89 bits per heavy atom. The molecule has 0 amide bonds. The second kappa shape index (κ2) is 8.47. The van der Waals surface area contributed by atoms with Gasteiger partial charge in [0.25, 0.3) is 5.56 Å². The number of nitrogens with zero attached hydrogens (tertiary/aromatic N) is 2. The molecule has 7 heteroatoms. The molecule has 3 nitrogen and oxygen atoms in total. The summed E-state index contributed by atoms with van der Waals surface area (Å²) in [5.41, 5.74) is 2.32. The Balaban J connectivity index is 1.64. The average Bonchev–Trinajstić information content (AvgIpc) is 3.17. The predicted molar refractivity (Wildman–Crippen MR) is 115 cm³/mol. The van der Waals surface area contributed by atoms with Crippen molar-refractivity contribution in [3.05, 3.63) is 92.3 Å². The topological polar surface area (TPSA) is 34.9 Å². The van der Waals surface area contributed by atoms with Crippen LogP contribution in [0.3, 0.4) is 0 Å². The second-order valence-corrected chi connectivity index (χ2v) is 8.54. The Bertz CT molecular complexity index is 1170. The fourth-order valence-corrected chi connectivity index (χ4v) is 4.80. The molecular weight excluding hydrogens is 415 g/mol. The third-order valence-electron chi connectivity index (χ3n) is 4.38. The highest BCUT2D eigenvalue weighted by Gasteiger charge is 2.14. The molecule has 0 N–H and O–H groups in total. The third-order valence-corrected chi connectivity index (χ3v) is 6.55. The number of aryl methyl sites for hydroxylation is 1. The van der Waals surface area contributed by atoms with Crippen molar-refractivity contribution < 1.29 is 4.39 Å². The van der Waals surface area contributed by atoms with E-state index < -0.39 is 0 Å². The van der Waals surface area contributed by atoms with E-state index in [9.17, 15) is 9.18 Å². The van der Waals surface area contributed by atoms with Crippen LogP contribution in [0.2, 0.25) is 5.02 Å². The van der Waals surface area contributed by atoms with Crippen LogP contribution in [0.5, 0.6) is 0 Å². The van der Waals surface area contributed by atoms with Crippen LogP contribution in [0, 0.1) is 5.82 Å². The summed E-state index contributed by atoms with van der Waals surface area (Å²) in [7, 11) is 0. The van der Waals surface area contributed by atoms with Crippen LogP contribution in [0.4, 0.5) is 4.39 Å². The van der Waals surface area contributed by atoms with Crippen molar-refractivity contribution in [2.75, 3.05) is 0 Å². The first-order valence-electron chi connectivity index (χ1n) is 8.70. The number of fused-ring (bicyclic) bond motifs is 1. The van der Waals surface area contributed by atoms with E-state index in [0.29, 0.717) is 44.7 Å². The van der Waals surface area contributed by atoms with Crippen LogP contribution < -0.4 is 5.56 Å². The number of halogens is 2. The minimum absolute atomic E-state index is 0.0509. The van der Waals surface area contributed by atoms with Crippen molar-refractivity contribution in [2.45, 2.75) is 23.9 Å². The predicted octanol–water partition coefficient (Wildman–Crippen LogP) is 5.79. The summed E-state index contributed by atoms with van der Waals surface area (Å²) in [5.74, 6) is 0.164. The first-order chi connectivity index (χ1) is 13.6. The van der Waals surface area contributed by atoms with Crippen LogP contribution in [-0.4, -0.2) is 9.55 Å². The van der Waals surface area contributed by atoms with Crippen LogP contribution >= 0.6 is 34.7 Å². The zero-order chi connectivity index (χ0) is 19.5. The van der Waals surface area contributed by atoms with E-state index in [1.54, 1.807) is 16.7 Å². The fraction of sp³-hybridized carbons (Fsp3) is 0.143. The molecule has 142 valence electrons. The Hall–Kier alpha value is -2.15. The number of hydrogen-bond donors (Lipinski definition) is 0. The van der Waals surface area contributed by atoms with E-state index in [1.165, 1.54) is 29.2 Å². The highest BCUT2D eigenvalue weighted by atomic mass is 35.5. The first kappa shape index (κ1) is 19.2. The Morgan fingerprint density at radius 1 is 1.11 bits per heavy atom. The van der Waals surface area contributed by atoms with E-state index in [-0.39, 0.29) is 11.4 Å². The van der Waals surface area contributed by atoms with Crippen molar-refractivity contribution in [3.8, 4) is 0 Å². The Labute approximate surface area is 174 Å². The monoisotopic (exact) mass is 430 g/mol. The lowest BCUT2D eigenvalue weighted by molar-refractivity contribution is 0.595. The highest BCUT2D eigenvalue weighted by molar-refractivity contribution is 7.98. The van der Waals surface area contributed by atoms with E-state index >= 15 is 0 Å². The van der Waals surface area contributed by atoms with Gasteiger partial charge in [-0.05, 0) is 47.2 Å². The summed E-state index contributed by atoms with van der Waals surface area (Å²) in [4.78, 5) is 17.6. The number of thioether (sulfide) groups is 1. The van der Waals surface area contributed by atoms with Gasteiger partial charge in [0.1, 0.15) is 10.5 Å². The summed E-state index contributed by atoms with van der Waals surface area (Å²) < 4.78 is 16.3. The molecule has 2 aromatic carbocycles. The maximum atomic E-state index is 14.0. The molecular formula is C21H16ClFN2OS2. The van der Waals surface area contributed by atoms with Crippen molar-refractivity contribution in [1.82, 2.24) is 9.55 Å². The zero-order valence-electron chi connectivity index (χ0n) is 14.8. The summed E-state index contributed by atoms with van der Waals surface area (Å²) in [6.45, 7) is 0.501. The van der Waals surface area contributed by atoms with Crippen molar-refractivity contribution in [1.29, 1.82) is 0 Å². The van der Waals surface area contributed by atoms with Crippen molar-refractivity contribution in [3.63, 3.8) is 0 Å². The SMILES string of the molecule is O=c1c2sccc2nc(SCc2ccccc2F)n1CCc1ccc(Cl)cc1. The first-order valence-corrected chi connectivity index (χ1v) is 10.9. The molecule has 0 bridgehead atoms. The molecule has 0 saturated heterocycles. The van der Waals surface area contributed by atoms with Crippen LogP contribution in [0.1, 0.15) is 11.1 Å². The maximum absolute atomic E-state index is 14.0. The normalized spacial score (nSPS) is 11.2. The third kappa shape index (κ3) is 4.14. The van der Waals surface area contributed by atoms with Gasteiger partial charge in [-0.15, -0.1) is 11.3 Å². The number of rotatable bonds is 6. The summed E-state index contributed by atoms with van der Waals surface area (Å²) in [6.07, 6.45) is 0.683. The van der Waals surface area contributed by atoms with Gasteiger partial charge in [-0.2, -0.15) is 0 Å².